The standard InChI is InChI=1S/C16H26N2O2/c1-11-10-13(7-6-12(2)17)8-9-14(11)18-15(19)20-16(3,4)5/h8-10,12H,6-7,17H2,1-5H3,(H,18,19)/t12-/m0/s1. The third kappa shape index (κ3) is 6.06. The van der Waals surface area contributed by atoms with Gasteiger partial charge in [0.2, 0.25) is 0 Å². The van der Waals surface area contributed by atoms with Crippen LogP contribution in [0.15, 0.2) is 18.2 Å². The highest BCUT2D eigenvalue weighted by Gasteiger charge is 2.16. The van der Waals surface area contributed by atoms with Gasteiger partial charge in [-0.1, -0.05) is 12.1 Å². The van der Waals surface area contributed by atoms with E-state index in [0.29, 0.717) is 0 Å². The summed E-state index contributed by atoms with van der Waals surface area (Å²) in [7, 11) is 0. The number of anilines is 1. The summed E-state index contributed by atoms with van der Waals surface area (Å²) in [6.45, 7) is 9.51. The van der Waals surface area contributed by atoms with Crippen LogP contribution in [-0.4, -0.2) is 17.7 Å². The topological polar surface area (TPSA) is 64.3 Å². The van der Waals surface area contributed by atoms with Crippen molar-refractivity contribution in [2.45, 2.75) is 59.1 Å². The van der Waals surface area contributed by atoms with Gasteiger partial charge in [0.25, 0.3) is 0 Å². The Morgan fingerprint density at radius 3 is 2.55 bits per heavy atom. The Morgan fingerprint density at radius 1 is 1.40 bits per heavy atom. The molecule has 112 valence electrons. The lowest BCUT2D eigenvalue weighted by molar-refractivity contribution is 0.0636. The van der Waals surface area contributed by atoms with E-state index < -0.39 is 11.7 Å². The maximum atomic E-state index is 11.7. The van der Waals surface area contributed by atoms with E-state index in [1.807, 2.05) is 46.8 Å². The molecule has 1 aromatic carbocycles. The zero-order valence-corrected chi connectivity index (χ0v) is 13.1. The van der Waals surface area contributed by atoms with E-state index in [0.717, 1.165) is 24.1 Å². The zero-order valence-electron chi connectivity index (χ0n) is 13.1. The molecular formula is C16H26N2O2. The fourth-order valence-corrected chi connectivity index (χ4v) is 1.83. The first kappa shape index (κ1) is 16.5. The Balaban J connectivity index is 2.66. The van der Waals surface area contributed by atoms with Gasteiger partial charge in [-0.3, -0.25) is 5.32 Å². The molecule has 1 aromatic rings. The van der Waals surface area contributed by atoms with Gasteiger partial charge >= 0.3 is 6.09 Å². The van der Waals surface area contributed by atoms with Gasteiger partial charge < -0.3 is 10.5 Å². The molecule has 0 unspecified atom stereocenters. The Hall–Kier alpha value is -1.55. The maximum Gasteiger partial charge on any atom is 0.412 e. The molecule has 20 heavy (non-hydrogen) atoms. The van der Waals surface area contributed by atoms with E-state index in [1.54, 1.807) is 0 Å². The minimum Gasteiger partial charge on any atom is -0.444 e. The van der Waals surface area contributed by atoms with Gasteiger partial charge in [0, 0.05) is 11.7 Å². The molecule has 1 rings (SSSR count). The van der Waals surface area contributed by atoms with Crippen molar-refractivity contribution in [3.8, 4) is 0 Å². The van der Waals surface area contributed by atoms with Crippen molar-refractivity contribution in [3.63, 3.8) is 0 Å². The third-order valence-corrected chi connectivity index (χ3v) is 2.81. The smallest absolute Gasteiger partial charge is 0.412 e. The lowest BCUT2D eigenvalue weighted by atomic mass is 10.0. The summed E-state index contributed by atoms with van der Waals surface area (Å²) in [6, 6.07) is 6.21. The number of amides is 1. The number of aryl methyl sites for hydroxylation is 2. The molecule has 0 spiro atoms. The summed E-state index contributed by atoms with van der Waals surface area (Å²) >= 11 is 0. The van der Waals surface area contributed by atoms with E-state index >= 15 is 0 Å². The third-order valence-electron chi connectivity index (χ3n) is 2.81. The molecule has 0 aliphatic carbocycles. The molecule has 0 aliphatic heterocycles. The van der Waals surface area contributed by atoms with Crippen LogP contribution in [0.4, 0.5) is 10.5 Å². The van der Waals surface area contributed by atoms with Crippen LogP contribution in [0, 0.1) is 6.92 Å². The summed E-state index contributed by atoms with van der Waals surface area (Å²) in [6.07, 6.45) is 1.48. The second kappa shape index (κ2) is 6.75. The molecule has 0 aromatic heterocycles. The highest BCUT2D eigenvalue weighted by molar-refractivity contribution is 5.85. The first-order chi connectivity index (χ1) is 9.17. The Morgan fingerprint density at radius 2 is 2.05 bits per heavy atom. The normalized spacial score (nSPS) is 12.9. The molecule has 4 heteroatoms. The quantitative estimate of drug-likeness (QED) is 0.884. The summed E-state index contributed by atoms with van der Waals surface area (Å²) in [5.41, 5.74) is 8.31. The second-order valence-corrected chi connectivity index (χ2v) is 6.29. The largest absolute Gasteiger partial charge is 0.444 e. The SMILES string of the molecule is Cc1cc(CC[C@H](C)N)ccc1NC(=O)OC(C)(C)C. The fourth-order valence-electron chi connectivity index (χ4n) is 1.83. The van der Waals surface area contributed by atoms with Crippen LogP contribution >= 0.6 is 0 Å². The summed E-state index contributed by atoms with van der Waals surface area (Å²) in [5, 5.41) is 2.77. The molecule has 4 nitrogen and oxygen atoms in total. The van der Waals surface area contributed by atoms with Gasteiger partial charge in [0.15, 0.2) is 0 Å². The molecule has 1 atom stereocenters. The Kier molecular flexibility index (Phi) is 5.57. The van der Waals surface area contributed by atoms with E-state index in [4.69, 9.17) is 10.5 Å². The number of nitrogens with two attached hydrogens (primary N) is 1. The average Bonchev–Trinajstić information content (AvgIpc) is 2.27. The Labute approximate surface area is 121 Å². The van der Waals surface area contributed by atoms with Crippen molar-refractivity contribution in [1.82, 2.24) is 0 Å². The molecule has 0 fully saturated rings. The van der Waals surface area contributed by atoms with E-state index in [-0.39, 0.29) is 6.04 Å². The maximum absolute atomic E-state index is 11.7. The number of rotatable bonds is 4. The van der Waals surface area contributed by atoms with E-state index in [1.165, 1.54) is 5.56 Å². The number of hydrogen-bond acceptors (Lipinski definition) is 3. The number of ether oxygens (including phenoxy) is 1. The van der Waals surface area contributed by atoms with E-state index in [9.17, 15) is 4.79 Å². The van der Waals surface area contributed by atoms with Crippen LogP contribution in [0.3, 0.4) is 0 Å². The van der Waals surface area contributed by atoms with Crippen LogP contribution in [-0.2, 0) is 11.2 Å². The molecular weight excluding hydrogens is 252 g/mol. The number of carbonyl (C=O) groups excluding carboxylic acids is 1. The van der Waals surface area contributed by atoms with Crippen molar-refractivity contribution in [1.29, 1.82) is 0 Å². The van der Waals surface area contributed by atoms with Gasteiger partial charge in [-0.25, -0.2) is 4.79 Å². The van der Waals surface area contributed by atoms with Gasteiger partial charge in [-0.15, -0.1) is 0 Å². The molecule has 0 saturated carbocycles. The van der Waals surface area contributed by atoms with Gasteiger partial charge in [0.05, 0.1) is 0 Å². The van der Waals surface area contributed by atoms with Crippen molar-refractivity contribution >= 4 is 11.8 Å². The summed E-state index contributed by atoms with van der Waals surface area (Å²) in [5.74, 6) is 0. The molecule has 0 saturated heterocycles. The summed E-state index contributed by atoms with van der Waals surface area (Å²) in [4.78, 5) is 11.7. The van der Waals surface area contributed by atoms with E-state index in [2.05, 4.69) is 11.4 Å². The predicted molar refractivity (Wildman–Crippen MR) is 83.0 cm³/mol. The molecule has 0 heterocycles. The second-order valence-electron chi connectivity index (χ2n) is 6.29. The molecule has 1 amide bonds. The lowest BCUT2D eigenvalue weighted by Crippen LogP contribution is -2.27. The monoisotopic (exact) mass is 278 g/mol. The first-order valence-corrected chi connectivity index (χ1v) is 7.02. The number of carbonyl (C=O) groups is 1. The van der Waals surface area contributed by atoms with Gasteiger partial charge in [-0.2, -0.15) is 0 Å². The summed E-state index contributed by atoms with van der Waals surface area (Å²) < 4.78 is 5.24. The van der Waals surface area contributed by atoms with Gasteiger partial charge in [-0.05, 0) is 64.7 Å². The molecule has 0 bridgehead atoms. The van der Waals surface area contributed by atoms with Crippen molar-refractivity contribution in [3.05, 3.63) is 29.3 Å². The van der Waals surface area contributed by atoms with Crippen LogP contribution in [0.1, 0.15) is 45.2 Å². The average molecular weight is 278 g/mol. The first-order valence-electron chi connectivity index (χ1n) is 7.02. The van der Waals surface area contributed by atoms with Crippen LogP contribution in [0.2, 0.25) is 0 Å². The van der Waals surface area contributed by atoms with Crippen LogP contribution in [0.5, 0.6) is 0 Å². The number of benzene rings is 1. The highest BCUT2D eigenvalue weighted by atomic mass is 16.6. The number of hydrogen-bond donors (Lipinski definition) is 2. The molecule has 3 N–H and O–H groups in total. The minimum absolute atomic E-state index is 0.204. The zero-order chi connectivity index (χ0) is 15.3. The molecule has 0 aliphatic rings. The minimum atomic E-state index is -0.491. The van der Waals surface area contributed by atoms with Crippen LogP contribution < -0.4 is 11.1 Å². The molecule has 0 radical (unpaired) electrons. The number of nitrogens with one attached hydrogen (secondary N) is 1. The van der Waals surface area contributed by atoms with Gasteiger partial charge in [0.1, 0.15) is 5.60 Å². The Bertz CT molecular complexity index is 462. The van der Waals surface area contributed by atoms with Crippen molar-refractivity contribution in [2.75, 3.05) is 5.32 Å². The van der Waals surface area contributed by atoms with Crippen molar-refractivity contribution < 1.29 is 9.53 Å². The predicted octanol–water partition coefficient (Wildman–Crippen LogP) is 3.62. The fraction of sp³-hybridized carbons (Fsp3) is 0.562. The van der Waals surface area contributed by atoms with Crippen molar-refractivity contribution in [2.24, 2.45) is 5.73 Å². The highest BCUT2D eigenvalue weighted by Crippen LogP contribution is 2.19. The lowest BCUT2D eigenvalue weighted by Gasteiger charge is -2.20. The van der Waals surface area contributed by atoms with Crippen LogP contribution in [0.25, 0.3) is 0 Å².